The smallest absolute Gasteiger partial charge is 0.488 e. The van der Waals surface area contributed by atoms with Crippen molar-refractivity contribution in [3.63, 3.8) is 0 Å². The minimum absolute atomic E-state index is 0.0865. The third-order valence-electron chi connectivity index (χ3n) is 1.50. The Kier molecular flexibility index (Phi) is 3.28. The largest absolute Gasteiger partial charge is 0.494 e. The van der Waals surface area contributed by atoms with Gasteiger partial charge in [-0.25, -0.2) is 4.39 Å². The number of halogens is 1. The van der Waals surface area contributed by atoms with Crippen LogP contribution in [0.2, 0.25) is 0 Å². The fourth-order valence-corrected chi connectivity index (χ4v) is 0.983. The molecule has 0 amide bonds. The van der Waals surface area contributed by atoms with Gasteiger partial charge < -0.3 is 14.8 Å². The Hall–Kier alpha value is -1.07. The first-order valence-electron chi connectivity index (χ1n) is 3.93. The molecule has 0 aliphatic rings. The molecule has 0 aromatic heterocycles. The van der Waals surface area contributed by atoms with Crippen molar-refractivity contribution in [3.8, 4) is 5.75 Å². The molecule has 1 aromatic rings. The fourth-order valence-electron chi connectivity index (χ4n) is 0.983. The van der Waals surface area contributed by atoms with Gasteiger partial charge in [0.15, 0.2) is 0 Å². The maximum atomic E-state index is 12.8. The van der Waals surface area contributed by atoms with Gasteiger partial charge in [-0.3, -0.25) is 0 Å². The second-order valence-corrected chi connectivity index (χ2v) is 2.53. The second-order valence-electron chi connectivity index (χ2n) is 2.53. The van der Waals surface area contributed by atoms with E-state index in [-0.39, 0.29) is 5.46 Å². The first-order chi connectivity index (χ1) is 6.13. The Morgan fingerprint density at radius 1 is 1.38 bits per heavy atom. The van der Waals surface area contributed by atoms with E-state index >= 15 is 0 Å². The summed E-state index contributed by atoms with van der Waals surface area (Å²) in [6.07, 6.45) is 0. The zero-order chi connectivity index (χ0) is 9.84. The maximum absolute atomic E-state index is 12.8. The van der Waals surface area contributed by atoms with Crippen molar-refractivity contribution in [1.29, 1.82) is 0 Å². The normalized spacial score (nSPS) is 9.85. The summed E-state index contributed by atoms with van der Waals surface area (Å²) in [5.41, 5.74) is 0.0865. The number of rotatable bonds is 3. The molecule has 0 saturated carbocycles. The molecule has 0 atom stereocenters. The molecule has 70 valence electrons. The molecule has 1 rings (SSSR count). The standard InChI is InChI=1S/C8H10BFO3/c1-2-13-8-4-6(9(11)12)3-7(10)5-8/h3-5,11-12H,2H2,1H3. The van der Waals surface area contributed by atoms with E-state index in [1.165, 1.54) is 12.1 Å². The highest BCUT2D eigenvalue weighted by Crippen LogP contribution is 2.10. The molecule has 13 heavy (non-hydrogen) atoms. The van der Waals surface area contributed by atoms with Crippen LogP contribution in [0.25, 0.3) is 0 Å². The van der Waals surface area contributed by atoms with Gasteiger partial charge in [-0.1, -0.05) is 0 Å². The summed E-state index contributed by atoms with van der Waals surface area (Å²) in [7, 11) is -1.67. The summed E-state index contributed by atoms with van der Waals surface area (Å²) in [5, 5.41) is 17.5. The molecule has 0 bridgehead atoms. The van der Waals surface area contributed by atoms with Crippen LogP contribution in [0.4, 0.5) is 4.39 Å². The number of benzene rings is 1. The molecular formula is C8H10BFO3. The Balaban J connectivity index is 2.96. The molecule has 0 radical (unpaired) electrons. The topological polar surface area (TPSA) is 49.7 Å². The van der Waals surface area contributed by atoms with E-state index < -0.39 is 12.9 Å². The molecule has 0 unspecified atom stereocenters. The number of hydrogen-bond donors (Lipinski definition) is 2. The number of hydrogen-bond acceptors (Lipinski definition) is 3. The van der Waals surface area contributed by atoms with Crippen LogP contribution >= 0.6 is 0 Å². The zero-order valence-electron chi connectivity index (χ0n) is 7.20. The molecule has 2 N–H and O–H groups in total. The molecular weight excluding hydrogens is 174 g/mol. The van der Waals surface area contributed by atoms with Crippen molar-refractivity contribution in [3.05, 3.63) is 24.0 Å². The Morgan fingerprint density at radius 2 is 2.08 bits per heavy atom. The van der Waals surface area contributed by atoms with Gasteiger partial charge in [-0.05, 0) is 24.5 Å². The first kappa shape index (κ1) is 10.0. The van der Waals surface area contributed by atoms with E-state index in [1.54, 1.807) is 6.92 Å². The summed E-state index contributed by atoms with van der Waals surface area (Å²) >= 11 is 0. The lowest BCUT2D eigenvalue weighted by atomic mass is 9.80. The average Bonchev–Trinajstić information content (AvgIpc) is 2.03. The van der Waals surface area contributed by atoms with E-state index in [9.17, 15) is 4.39 Å². The van der Waals surface area contributed by atoms with Crippen LogP contribution in [0, 0.1) is 5.82 Å². The van der Waals surface area contributed by atoms with Crippen LogP contribution in [0.3, 0.4) is 0 Å². The predicted molar refractivity (Wildman–Crippen MR) is 47.4 cm³/mol. The molecule has 0 aliphatic carbocycles. The van der Waals surface area contributed by atoms with E-state index in [0.717, 1.165) is 6.07 Å². The van der Waals surface area contributed by atoms with Gasteiger partial charge in [0.2, 0.25) is 0 Å². The third kappa shape index (κ3) is 2.71. The number of ether oxygens (including phenoxy) is 1. The highest BCUT2D eigenvalue weighted by molar-refractivity contribution is 6.58. The maximum Gasteiger partial charge on any atom is 0.488 e. The van der Waals surface area contributed by atoms with Gasteiger partial charge in [-0.2, -0.15) is 0 Å². The molecule has 0 fully saturated rings. The Labute approximate surface area is 75.9 Å². The van der Waals surface area contributed by atoms with Crippen molar-refractivity contribution in [2.45, 2.75) is 6.92 Å². The monoisotopic (exact) mass is 184 g/mol. The molecule has 0 heterocycles. The Bertz CT molecular complexity index is 291. The second kappa shape index (κ2) is 4.25. The van der Waals surface area contributed by atoms with Crippen molar-refractivity contribution in [2.75, 3.05) is 6.61 Å². The minimum Gasteiger partial charge on any atom is -0.494 e. The fraction of sp³-hybridized carbons (Fsp3) is 0.250. The van der Waals surface area contributed by atoms with Crippen molar-refractivity contribution >= 4 is 12.6 Å². The van der Waals surface area contributed by atoms with Gasteiger partial charge in [-0.15, -0.1) is 0 Å². The van der Waals surface area contributed by atoms with Crippen LogP contribution in [-0.4, -0.2) is 23.8 Å². The highest BCUT2D eigenvalue weighted by Gasteiger charge is 2.13. The Morgan fingerprint density at radius 3 is 2.62 bits per heavy atom. The SMILES string of the molecule is CCOc1cc(F)cc(B(O)O)c1. The van der Waals surface area contributed by atoms with E-state index in [0.29, 0.717) is 12.4 Å². The minimum atomic E-state index is -1.67. The van der Waals surface area contributed by atoms with Gasteiger partial charge in [0, 0.05) is 6.07 Å². The van der Waals surface area contributed by atoms with Gasteiger partial charge in [0.25, 0.3) is 0 Å². The quantitative estimate of drug-likeness (QED) is 0.645. The van der Waals surface area contributed by atoms with Crippen LogP contribution in [0.15, 0.2) is 18.2 Å². The van der Waals surface area contributed by atoms with Crippen molar-refractivity contribution in [2.24, 2.45) is 0 Å². The van der Waals surface area contributed by atoms with Crippen LogP contribution in [-0.2, 0) is 0 Å². The zero-order valence-corrected chi connectivity index (χ0v) is 7.20. The van der Waals surface area contributed by atoms with E-state index in [2.05, 4.69) is 0 Å². The van der Waals surface area contributed by atoms with Gasteiger partial charge >= 0.3 is 7.12 Å². The summed E-state index contributed by atoms with van der Waals surface area (Å²) in [4.78, 5) is 0. The lowest BCUT2D eigenvalue weighted by Gasteiger charge is -2.05. The highest BCUT2D eigenvalue weighted by atomic mass is 19.1. The molecule has 0 aliphatic heterocycles. The van der Waals surface area contributed by atoms with Crippen LogP contribution in [0.1, 0.15) is 6.92 Å². The van der Waals surface area contributed by atoms with Crippen LogP contribution in [0.5, 0.6) is 5.75 Å². The van der Waals surface area contributed by atoms with Gasteiger partial charge in [0.05, 0.1) is 6.61 Å². The molecule has 0 saturated heterocycles. The van der Waals surface area contributed by atoms with E-state index in [4.69, 9.17) is 14.8 Å². The summed E-state index contributed by atoms with van der Waals surface area (Å²) in [5.74, 6) is -0.250. The average molecular weight is 184 g/mol. The molecule has 1 aromatic carbocycles. The van der Waals surface area contributed by atoms with Crippen LogP contribution < -0.4 is 10.2 Å². The van der Waals surface area contributed by atoms with E-state index in [1.807, 2.05) is 0 Å². The van der Waals surface area contributed by atoms with Gasteiger partial charge in [0.1, 0.15) is 11.6 Å². The predicted octanol–water partition coefficient (Wildman–Crippen LogP) is -0.0958. The molecule has 5 heteroatoms. The molecule has 3 nitrogen and oxygen atoms in total. The lowest BCUT2D eigenvalue weighted by Crippen LogP contribution is -2.30. The third-order valence-corrected chi connectivity index (χ3v) is 1.50. The summed E-state index contributed by atoms with van der Waals surface area (Å²) in [6, 6.07) is 3.62. The summed E-state index contributed by atoms with van der Waals surface area (Å²) in [6.45, 7) is 2.17. The molecule has 0 spiro atoms. The van der Waals surface area contributed by atoms with Crippen molar-refractivity contribution in [1.82, 2.24) is 0 Å². The lowest BCUT2D eigenvalue weighted by molar-refractivity contribution is 0.338. The first-order valence-corrected chi connectivity index (χ1v) is 3.93. The summed E-state index contributed by atoms with van der Waals surface area (Å²) < 4.78 is 17.8. The van der Waals surface area contributed by atoms with Crippen molar-refractivity contribution < 1.29 is 19.2 Å².